The summed E-state index contributed by atoms with van der Waals surface area (Å²) in [5.41, 5.74) is 3.66. The Kier molecular flexibility index (Phi) is 9.32. The summed E-state index contributed by atoms with van der Waals surface area (Å²) >= 11 is 0. The predicted octanol–water partition coefficient (Wildman–Crippen LogP) is 6.41. The molecule has 2 aliphatic rings. The third-order valence-corrected chi connectivity index (χ3v) is 9.94. The second-order valence-corrected chi connectivity index (χ2v) is 15.1. The molecule has 1 atom stereocenters. The van der Waals surface area contributed by atoms with Gasteiger partial charge in [0.05, 0.1) is 22.7 Å². The minimum Gasteiger partial charge on any atom is -0.475 e. The molecule has 44 heavy (non-hydrogen) atoms. The molecule has 0 saturated heterocycles. The normalized spacial score (nSPS) is 22.2. The largest absolute Gasteiger partial charge is 0.475 e. The van der Waals surface area contributed by atoms with Gasteiger partial charge in [-0.25, -0.2) is 18.1 Å². The first kappa shape index (κ1) is 31.9. The number of carbonyl (C=O) groups excluding carboxylic acids is 1. The highest BCUT2D eigenvalue weighted by atomic mass is 32.2. The number of carbonyl (C=O) groups is 1. The van der Waals surface area contributed by atoms with Crippen LogP contribution in [0.25, 0.3) is 11.3 Å². The molecule has 1 fully saturated rings. The number of nitrogens with zero attached hydrogens (tertiary/aromatic N) is 3. The van der Waals surface area contributed by atoms with Crippen molar-refractivity contribution in [2.45, 2.75) is 83.8 Å². The van der Waals surface area contributed by atoms with Gasteiger partial charge in [-0.3, -0.25) is 4.79 Å². The maximum Gasteiger partial charge on any atom is 0.264 e. The van der Waals surface area contributed by atoms with Crippen molar-refractivity contribution in [3.05, 3.63) is 65.2 Å². The standard InChI is InChI=1S/C34H44N4O5S/c1-22-9-7-10-23(2)31(22)29-18-30-36-33(35-29)37-44(40,41)28-12-8-11-25(17-28)32(39)38(26(21-43-30)19-34(3,4)5)20-24-13-15-27(42-6)16-14-24/h7-12,17-18,24,26-27H,13-16,19-21H2,1-6H3,(H,35,36,37)/t24?,26-,27?/m1/s1. The SMILES string of the molecule is COC1CCC(CN2C(=O)c3cccc(c3)S(=O)(=O)Nc3nc(cc(-c4c(C)cccc4C)n3)OC[C@H]2CC(C)(C)C)CC1. The van der Waals surface area contributed by atoms with Gasteiger partial charge in [0, 0.05) is 30.8 Å². The Morgan fingerprint density at radius 1 is 1.00 bits per heavy atom. The fraction of sp³-hybridized carbons (Fsp3) is 0.500. The molecule has 236 valence electrons. The molecule has 0 unspecified atom stereocenters. The minimum absolute atomic E-state index is 0.0286. The summed E-state index contributed by atoms with van der Waals surface area (Å²) in [6.45, 7) is 11.2. The Morgan fingerprint density at radius 3 is 2.34 bits per heavy atom. The molecule has 5 rings (SSSR count). The van der Waals surface area contributed by atoms with Crippen LogP contribution in [-0.2, 0) is 14.8 Å². The molecule has 1 aliphatic heterocycles. The molecule has 4 bridgehead atoms. The minimum atomic E-state index is -4.11. The number of ether oxygens (including phenoxy) is 2. The highest BCUT2D eigenvalue weighted by Crippen LogP contribution is 2.33. The van der Waals surface area contributed by atoms with E-state index in [1.54, 1.807) is 25.3 Å². The summed E-state index contributed by atoms with van der Waals surface area (Å²) in [5.74, 6) is 0.254. The lowest BCUT2D eigenvalue weighted by Crippen LogP contribution is -2.48. The van der Waals surface area contributed by atoms with Crippen molar-refractivity contribution in [3.8, 4) is 17.1 Å². The van der Waals surface area contributed by atoms with Crippen LogP contribution in [0.15, 0.2) is 53.4 Å². The van der Waals surface area contributed by atoms with Gasteiger partial charge in [-0.15, -0.1) is 0 Å². The molecule has 2 heterocycles. The number of sulfonamides is 1. The summed E-state index contributed by atoms with van der Waals surface area (Å²) in [6, 6.07) is 13.6. The van der Waals surface area contributed by atoms with Crippen LogP contribution in [0.2, 0.25) is 0 Å². The van der Waals surface area contributed by atoms with Gasteiger partial charge in [-0.1, -0.05) is 45.0 Å². The fourth-order valence-electron chi connectivity index (χ4n) is 6.41. The Morgan fingerprint density at radius 2 is 1.68 bits per heavy atom. The van der Waals surface area contributed by atoms with Crippen molar-refractivity contribution < 1.29 is 22.7 Å². The van der Waals surface area contributed by atoms with Gasteiger partial charge in [-0.05, 0) is 86.6 Å². The first-order chi connectivity index (χ1) is 20.8. The van der Waals surface area contributed by atoms with Gasteiger partial charge >= 0.3 is 0 Å². The number of fused-ring (bicyclic) bond motifs is 4. The van der Waals surface area contributed by atoms with E-state index in [1.165, 1.54) is 12.1 Å². The van der Waals surface area contributed by atoms with E-state index < -0.39 is 10.0 Å². The Balaban J connectivity index is 1.62. The first-order valence-corrected chi connectivity index (χ1v) is 16.9. The van der Waals surface area contributed by atoms with Gasteiger partial charge in [-0.2, -0.15) is 4.98 Å². The molecule has 1 N–H and O–H groups in total. The van der Waals surface area contributed by atoms with Gasteiger partial charge in [0.25, 0.3) is 15.9 Å². The number of rotatable bonds is 5. The lowest BCUT2D eigenvalue weighted by Gasteiger charge is -2.39. The predicted molar refractivity (Wildman–Crippen MR) is 171 cm³/mol. The van der Waals surface area contributed by atoms with Crippen LogP contribution in [-0.4, -0.2) is 61.6 Å². The molecule has 10 heteroatoms. The van der Waals surface area contributed by atoms with Crippen molar-refractivity contribution in [3.63, 3.8) is 0 Å². The number of amides is 1. The number of hydrogen-bond acceptors (Lipinski definition) is 7. The van der Waals surface area contributed by atoms with E-state index >= 15 is 0 Å². The van der Waals surface area contributed by atoms with Crippen molar-refractivity contribution >= 4 is 21.9 Å². The highest BCUT2D eigenvalue weighted by Gasteiger charge is 2.34. The number of anilines is 1. The van der Waals surface area contributed by atoms with Crippen LogP contribution in [0.4, 0.5) is 5.95 Å². The van der Waals surface area contributed by atoms with Gasteiger partial charge in [0.2, 0.25) is 11.8 Å². The molecule has 1 saturated carbocycles. The topological polar surface area (TPSA) is 111 Å². The smallest absolute Gasteiger partial charge is 0.264 e. The summed E-state index contributed by atoms with van der Waals surface area (Å²) in [4.78, 5) is 25.3. The quantitative estimate of drug-likeness (QED) is 0.351. The molecule has 2 aromatic carbocycles. The molecule has 0 radical (unpaired) electrons. The molecular weight excluding hydrogens is 576 g/mol. The zero-order chi connectivity index (χ0) is 31.6. The molecule has 1 aromatic heterocycles. The third kappa shape index (κ3) is 7.41. The number of aryl methyl sites for hydroxylation is 2. The first-order valence-electron chi connectivity index (χ1n) is 15.4. The summed E-state index contributed by atoms with van der Waals surface area (Å²) in [6.07, 6.45) is 4.75. The van der Waals surface area contributed by atoms with E-state index in [1.807, 2.05) is 36.9 Å². The van der Waals surface area contributed by atoms with Gasteiger partial charge in [0.1, 0.15) is 6.61 Å². The Hall–Kier alpha value is -3.50. The molecule has 3 aromatic rings. The average molecular weight is 621 g/mol. The maximum atomic E-state index is 14.3. The molecule has 1 amide bonds. The number of methoxy groups -OCH3 is 1. The molecule has 1 aliphatic carbocycles. The second-order valence-electron chi connectivity index (χ2n) is 13.4. The number of benzene rings is 2. The van der Waals surface area contributed by atoms with E-state index in [0.29, 0.717) is 30.1 Å². The van der Waals surface area contributed by atoms with E-state index in [0.717, 1.165) is 42.4 Å². The number of hydrogen-bond donors (Lipinski definition) is 1. The fourth-order valence-corrected chi connectivity index (χ4v) is 7.40. The van der Waals surface area contributed by atoms with Crippen LogP contribution in [0.3, 0.4) is 0 Å². The van der Waals surface area contributed by atoms with Crippen LogP contribution in [0.5, 0.6) is 5.88 Å². The summed E-state index contributed by atoms with van der Waals surface area (Å²) < 4.78 is 41.7. The molecule has 0 spiro atoms. The third-order valence-electron chi connectivity index (χ3n) is 8.61. The second kappa shape index (κ2) is 12.9. The van der Waals surface area contributed by atoms with Gasteiger partial charge in [0.15, 0.2) is 0 Å². The molecular formula is C34H44N4O5S. The summed E-state index contributed by atoms with van der Waals surface area (Å²) in [5, 5.41) is 0. The van der Waals surface area contributed by atoms with Crippen LogP contribution in [0, 0.1) is 25.2 Å². The molecule has 9 nitrogen and oxygen atoms in total. The van der Waals surface area contributed by atoms with E-state index in [9.17, 15) is 13.2 Å². The van der Waals surface area contributed by atoms with Crippen molar-refractivity contribution in [1.29, 1.82) is 0 Å². The van der Waals surface area contributed by atoms with Crippen LogP contribution in [0.1, 0.15) is 74.4 Å². The lowest BCUT2D eigenvalue weighted by molar-refractivity contribution is 0.0310. The number of nitrogens with one attached hydrogen (secondary N) is 1. The zero-order valence-corrected chi connectivity index (χ0v) is 27.4. The highest BCUT2D eigenvalue weighted by molar-refractivity contribution is 7.92. The zero-order valence-electron chi connectivity index (χ0n) is 26.6. The Labute approximate surface area is 261 Å². The average Bonchev–Trinajstić information content (AvgIpc) is 2.97. The van der Waals surface area contributed by atoms with Crippen LogP contribution >= 0.6 is 0 Å². The summed E-state index contributed by atoms with van der Waals surface area (Å²) in [7, 11) is -2.36. The lowest BCUT2D eigenvalue weighted by atomic mass is 9.84. The van der Waals surface area contributed by atoms with Crippen molar-refractivity contribution in [1.82, 2.24) is 14.9 Å². The van der Waals surface area contributed by atoms with Gasteiger partial charge < -0.3 is 14.4 Å². The maximum absolute atomic E-state index is 14.3. The Bertz CT molecular complexity index is 1590. The van der Waals surface area contributed by atoms with E-state index in [2.05, 4.69) is 35.5 Å². The monoisotopic (exact) mass is 620 g/mol. The van der Waals surface area contributed by atoms with Crippen molar-refractivity contribution in [2.24, 2.45) is 11.3 Å². The van der Waals surface area contributed by atoms with Crippen molar-refractivity contribution in [2.75, 3.05) is 25.0 Å². The van der Waals surface area contributed by atoms with Crippen LogP contribution < -0.4 is 9.46 Å². The number of aromatic nitrogens is 2. The van der Waals surface area contributed by atoms with E-state index in [-0.39, 0.29) is 46.8 Å². The van der Waals surface area contributed by atoms with E-state index in [4.69, 9.17) is 9.47 Å².